The van der Waals surface area contributed by atoms with Crippen LogP contribution in [0.4, 0.5) is 0 Å². The highest BCUT2D eigenvalue weighted by atomic mass is 16.5. The number of benzene rings is 1. The van der Waals surface area contributed by atoms with Crippen LogP contribution in [0.1, 0.15) is 12.5 Å². The predicted octanol–water partition coefficient (Wildman–Crippen LogP) is -0.0159. The minimum atomic E-state index is -1.15. The van der Waals surface area contributed by atoms with Gasteiger partial charge in [-0.3, -0.25) is 4.99 Å². The van der Waals surface area contributed by atoms with Gasteiger partial charge in [-0.1, -0.05) is 0 Å². The van der Waals surface area contributed by atoms with E-state index in [0.717, 1.165) is 11.3 Å². The van der Waals surface area contributed by atoms with Crippen molar-refractivity contribution in [3.8, 4) is 5.75 Å². The lowest BCUT2D eigenvalue weighted by molar-refractivity contribution is -0.183. The van der Waals surface area contributed by atoms with E-state index >= 15 is 0 Å². The number of hydrogen-bond acceptors (Lipinski definition) is 6. The van der Waals surface area contributed by atoms with Crippen LogP contribution in [0.2, 0.25) is 0 Å². The zero-order valence-corrected chi connectivity index (χ0v) is 12.1. The van der Waals surface area contributed by atoms with Crippen LogP contribution in [0.25, 0.3) is 0 Å². The lowest BCUT2D eigenvalue weighted by Gasteiger charge is -2.39. The molecule has 0 saturated carbocycles. The van der Waals surface area contributed by atoms with E-state index in [1.807, 2.05) is 24.3 Å². The second-order valence-electron chi connectivity index (χ2n) is 5.09. The van der Waals surface area contributed by atoms with Gasteiger partial charge in [-0.25, -0.2) is 0 Å². The van der Waals surface area contributed by atoms with E-state index in [1.54, 1.807) is 20.2 Å². The molecular formula is C15H21NO5. The van der Waals surface area contributed by atoms with E-state index in [1.165, 1.54) is 0 Å². The molecule has 1 saturated heterocycles. The molecule has 1 heterocycles. The van der Waals surface area contributed by atoms with Crippen molar-refractivity contribution < 1.29 is 24.8 Å². The van der Waals surface area contributed by atoms with Gasteiger partial charge in [0, 0.05) is 6.21 Å². The highest BCUT2D eigenvalue weighted by Crippen LogP contribution is 2.23. The Morgan fingerprint density at radius 2 is 1.90 bits per heavy atom. The molecule has 6 heteroatoms. The first-order valence-electron chi connectivity index (χ1n) is 6.86. The van der Waals surface area contributed by atoms with E-state index < -0.39 is 30.5 Å². The number of methoxy groups -OCH3 is 1. The van der Waals surface area contributed by atoms with E-state index in [9.17, 15) is 10.2 Å². The molecule has 5 atom stereocenters. The van der Waals surface area contributed by atoms with E-state index in [2.05, 4.69) is 4.99 Å². The molecule has 5 unspecified atom stereocenters. The smallest absolute Gasteiger partial charge is 0.118 e. The average molecular weight is 295 g/mol. The van der Waals surface area contributed by atoms with Gasteiger partial charge >= 0.3 is 0 Å². The number of aliphatic hydroxyl groups excluding tert-OH is 3. The Hall–Kier alpha value is -1.47. The number of aliphatic hydroxyl groups is 3. The molecule has 0 spiro atoms. The zero-order chi connectivity index (χ0) is 15.4. The van der Waals surface area contributed by atoms with Gasteiger partial charge in [0.05, 0.1) is 19.8 Å². The Morgan fingerprint density at radius 1 is 1.24 bits per heavy atom. The fourth-order valence-electron chi connectivity index (χ4n) is 2.36. The maximum atomic E-state index is 10.1. The predicted molar refractivity (Wildman–Crippen MR) is 77.8 cm³/mol. The van der Waals surface area contributed by atoms with Crippen molar-refractivity contribution in [2.75, 3.05) is 13.7 Å². The molecule has 0 amide bonds. The van der Waals surface area contributed by atoms with Crippen molar-refractivity contribution >= 4 is 6.21 Å². The van der Waals surface area contributed by atoms with E-state index in [-0.39, 0.29) is 6.61 Å². The fourth-order valence-corrected chi connectivity index (χ4v) is 2.36. The van der Waals surface area contributed by atoms with Gasteiger partial charge in [-0.05, 0) is 36.8 Å². The van der Waals surface area contributed by atoms with Gasteiger partial charge in [0.15, 0.2) is 0 Å². The molecule has 1 aliphatic rings. The van der Waals surface area contributed by atoms with Crippen LogP contribution in [0.3, 0.4) is 0 Å². The van der Waals surface area contributed by atoms with Crippen molar-refractivity contribution in [1.29, 1.82) is 0 Å². The molecule has 1 aliphatic heterocycles. The summed E-state index contributed by atoms with van der Waals surface area (Å²) >= 11 is 0. The van der Waals surface area contributed by atoms with Crippen LogP contribution in [0, 0.1) is 0 Å². The van der Waals surface area contributed by atoms with Gasteiger partial charge in [-0.15, -0.1) is 0 Å². The lowest BCUT2D eigenvalue weighted by Crippen LogP contribution is -2.57. The lowest BCUT2D eigenvalue weighted by atomic mass is 9.94. The Labute approximate surface area is 123 Å². The molecule has 1 aromatic rings. The van der Waals surface area contributed by atoms with Crippen molar-refractivity contribution in [1.82, 2.24) is 0 Å². The van der Waals surface area contributed by atoms with Crippen LogP contribution < -0.4 is 4.74 Å². The Kier molecular flexibility index (Phi) is 5.30. The normalized spacial score (nSPS) is 33.3. The number of hydrogen-bond donors (Lipinski definition) is 3. The largest absolute Gasteiger partial charge is 0.497 e. The monoisotopic (exact) mass is 295 g/mol. The van der Waals surface area contributed by atoms with Crippen LogP contribution in [-0.2, 0) is 4.74 Å². The number of rotatable bonds is 4. The zero-order valence-electron chi connectivity index (χ0n) is 12.1. The van der Waals surface area contributed by atoms with Gasteiger partial charge in [-0.2, -0.15) is 0 Å². The third kappa shape index (κ3) is 3.59. The summed E-state index contributed by atoms with van der Waals surface area (Å²) in [6.45, 7) is 1.42. The third-order valence-electron chi connectivity index (χ3n) is 3.64. The van der Waals surface area contributed by atoms with Gasteiger partial charge in [0.2, 0.25) is 0 Å². The van der Waals surface area contributed by atoms with Gasteiger partial charge in [0.1, 0.15) is 30.1 Å². The number of nitrogens with zero attached hydrogens (tertiary/aromatic N) is 1. The topological polar surface area (TPSA) is 91.5 Å². The van der Waals surface area contributed by atoms with Crippen molar-refractivity contribution in [2.24, 2.45) is 4.99 Å². The maximum absolute atomic E-state index is 10.1. The second-order valence-corrected chi connectivity index (χ2v) is 5.09. The summed E-state index contributed by atoms with van der Waals surface area (Å²) in [4.78, 5) is 4.31. The van der Waals surface area contributed by atoms with Gasteiger partial charge < -0.3 is 24.8 Å². The van der Waals surface area contributed by atoms with E-state index in [0.29, 0.717) is 0 Å². The highest BCUT2D eigenvalue weighted by molar-refractivity contribution is 5.80. The molecule has 0 bridgehead atoms. The number of ether oxygens (including phenoxy) is 2. The summed E-state index contributed by atoms with van der Waals surface area (Å²) in [6.07, 6.45) is -1.76. The SMILES string of the molecule is COc1ccc(C=NC2C(C)OC(CO)C(O)C2O)cc1. The standard InChI is InChI=1S/C15H21NO5/c1-9-13(15(19)14(18)12(8-17)21-9)16-7-10-3-5-11(20-2)6-4-10/h3-7,9,12-15,17-19H,8H2,1-2H3. The summed E-state index contributed by atoms with van der Waals surface area (Å²) in [5.41, 5.74) is 0.856. The van der Waals surface area contributed by atoms with Crippen molar-refractivity contribution in [3.05, 3.63) is 29.8 Å². The van der Waals surface area contributed by atoms with Crippen molar-refractivity contribution in [3.63, 3.8) is 0 Å². The molecule has 0 aliphatic carbocycles. The average Bonchev–Trinajstić information content (AvgIpc) is 2.51. The van der Waals surface area contributed by atoms with Crippen molar-refractivity contribution in [2.45, 2.75) is 37.4 Å². The highest BCUT2D eigenvalue weighted by Gasteiger charge is 2.41. The Morgan fingerprint density at radius 3 is 2.48 bits per heavy atom. The molecule has 116 valence electrons. The first-order valence-corrected chi connectivity index (χ1v) is 6.86. The summed E-state index contributed by atoms with van der Waals surface area (Å²) in [5.74, 6) is 0.753. The quantitative estimate of drug-likeness (QED) is 0.679. The molecule has 2 rings (SSSR count). The molecule has 21 heavy (non-hydrogen) atoms. The molecule has 3 N–H and O–H groups in total. The van der Waals surface area contributed by atoms with Gasteiger partial charge in [0.25, 0.3) is 0 Å². The summed E-state index contributed by atoms with van der Waals surface area (Å²) in [6, 6.07) is 6.74. The van der Waals surface area contributed by atoms with Crippen LogP contribution in [0.15, 0.2) is 29.3 Å². The molecule has 0 radical (unpaired) electrons. The minimum Gasteiger partial charge on any atom is -0.497 e. The van der Waals surface area contributed by atoms with Crippen LogP contribution in [-0.4, -0.2) is 65.7 Å². The van der Waals surface area contributed by atoms with E-state index in [4.69, 9.17) is 14.6 Å². The third-order valence-corrected chi connectivity index (χ3v) is 3.64. The molecule has 6 nitrogen and oxygen atoms in total. The Balaban J connectivity index is 2.08. The summed E-state index contributed by atoms with van der Waals surface area (Å²) in [5, 5.41) is 29.1. The number of aliphatic imine (C=N–C) groups is 1. The summed E-state index contributed by atoms with van der Waals surface area (Å²) in [7, 11) is 1.60. The fraction of sp³-hybridized carbons (Fsp3) is 0.533. The second kappa shape index (κ2) is 7.00. The molecule has 1 fully saturated rings. The first kappa shape index (κ1) is 15.9. The molecule has 0 aromatic heterocycles. The van der Waals surface area contributed by atoms with Crippen LogP contribution >= 0.6 is 0 Å². The molecule has 1 aromatic carbocycles. The maximum Gasteiger partial charge on any atom is 0.118 e. The summed E-state index contributed by atoms with van der Waals surface area (Å²) < 4.78 is 10.5. The Bertz CT molecular complexity index is 475. The minimum absolute atomic E-state index is 0.336. The molecular weight excluding hydrogens is 274 g/mol. The first-order chi connectivity index (χ1) is 10.1. The van der Waals surface area contributed by atoms with Crippen LogP contribution in [0.5, 0.6) is 5.75 Å².